The second kappa shape index (κ2) is 4.43. The van der Waals surface area contributed by atoms with Crippen LogP contribution < -0.4 is 0 Å². The van der Waals surface area contributed by atoms with Crippen LogP contribution in [-0.4, -0.2) is 29.7 Å². The van der Waals surface area contributed by atoms with E-state index in [1.165, 1.54) is 12.1 Å². The van der Waals surface area contributed by atoms with Crippen molar-refractivity contribution in [3.05, 3.63) is 35.6 Å². The van der Waals surface area contributed by atoms with E-state index in [-0.39, 0.29) is 30.5 Å². The SMILES string of the molecule is O=C1CC(=O)N(CCc2ccc(F)cc2)C1. The van der Waals surface area contributed by atoms with Crippen LogP contribution in [0, 0.1) is 5.82 Å². The van der Waals surface area contributed by atoms with E-state index in [2.05, 4.69) is 0 Å². The van der Waals surface area contributed by atoms with E-state index in [4.69, 9.17) is 0 Å². The Balaban J connectivity index is 1.90. The average molecular weight is 221 g/mol. The summed E-state index contributed by atoms with van der Waals surface area (Å²) in [6.07, 6.45) is 0.683. The van der Waals surface area contributed by atoms with Gasteiger partial charge in [0.15, 0.2) is 5.78 Å². The predicted molar refractivity (Wildman–Crippen MR) is 56.3 cm³/mol. The number of Topliss-reactive ketones (excluding diaryl/α,β-unsaturated/α-hetero) is 1. The van der Waals surface area contributed by atoms with Crippen LogP contribution in [0.2, 0.25) is 0 Å². The summed E-state index contributed by atoms with van der Waals surface area (Å²) in [5, 5.41) is 0. The van der Waals surface area contributed by atoms with Gasteiger partial charge in [-0.1, -0.05) is 12.1 Å². The van der Waals surface area contributed by atoms with Crippen molar-refractivity contribution in [3.63, 3.8) is 0 Å². The number of nitrogens with zero attached hydrogens (tertiary/aromatic N) is 1. The molecule has 1 aromatic carbocycles. The fourth-order valence-corrected chi connectivity index (χ4v) is 1.76. The Labute approximate surface area is 92.9 Å². The molecule has 0 N–H and O–H groups in total. The van der Waals surface area contributed by atoms with Crippen LogP contribution in [0.15, 0.2) is 24.3 Å². The van der Waals surface area contributed by atoms with Gasteiger partial charge in [0.25, 0.3) is 0 Å². The molecule has 0 aliphatic carbocycles. The monoisotopic (exact) mass is 221 g/mol. The third-order valence-corrected chi connectivity index (χ3v) is 2.65. The molecule has 1 aliphatic rings. The minimum atomic E-state index is -0.267. The van der Waals surface area contributed by atoms with Crippen molar-refractivity contribution in [1.29, 1.82) is 0 Å². The van der Waals surface area contributed by atoms with Crippen LogP contribution in [0.4, 0.5) is 4.39 Å². The lowest BCUT2D eigenvalue weighted by Crippen LogP contribution is -2.27. The molecule has 0 aromatic heterocycles. The van der Waals surface area contributed by atoms with Gasteiger partial charge in [-0.2, -0.15) is 0 Å². The summed E-state index contributed by atoms with van der Waals surface area (Å²) in [7, 11) is 0. The Hall–Kier alpha value is -1.71. The highest BCUT2D eigenvalue weighted by Crippen LogP contribution is 2.09. The Bertz CT molecular complexity index is 414. The molecule has 1 fully saturated rings. The summed E-state index contributed by atoms with van der Waals surface area (Å²) < 4.78 is 12.6. The van der Waals surface area contributed by atoms with Gasteiger partial charge in [-0.05, 0) is 24.1 Å². The van der Waals surface area contributed by atoms with Crippen LogP contribution in [-0.2, 0) is 16.0 Å². The highest BCUT2D eigenvalue weighted by molar-refractivity contribution is 6.05. The normalized spacial score (nSPS) is 15.9. The maximum Gasteiger partial charge on any atom is 0.230 e. The first-order chi connectivity index (χ1) is 7.65. The zero-order valence-corrected chi connectivity index (χ0v) is 8.78. The molecule has 3 nitrogen and oxygen atoms in total. The summed E-state index contributed by atoms with van der Waals surface area (Å²) in [6.45, 7) is 0.746. The van der Waals surface area contributed by atoms with Gasteiger partial charge in [0.2, 0.25) is 5.91 Å². The van der Waals surface area contributed by atoms with Gasteiger partial charge in [-0.25, -0.2) is 4.39 Å². The molecule has 1 amide bonds. The van der Waals surface area contributed by atoms with E-state index < -0.39 is 0 Å². The van der Waals surface area contributed by atoms with Crippen molar-refractivity contribution < 1.29 is 14.0 Å². The standard InChI is InChI=1S/C12H12FNO2/c13-10-3-1-9(2-4-10)5-6-14-8-11(15)7-12(14)16/h1-4H,5-8H2. The third-order valence-electron chi connectivity index (χ3n) is 2.65. The van der Waals surface area contributed by atoms with Gasteiger partial charge in [-0.3, -0.25) is 9.59 Å². The largest absolute Gasteiger partial charge is 0.335 e. The molecule has 0 radical (unpaired) electrons. The molecule has 1 heterocycles. The van der Waals surface area contributed by atoms with E-state index >= 15 is 0 Å². The molecule has 0 saturated carbocycles. The minimum Gasteiger partial charge on any atom is -0.335 e. The molecule has 1 saturated heterocycles. The van der Waals surface area contributed by atoms with Crippen molar-refractivity contribution in [2.45, 2.75) is 12.8 Å². The van der Waals surface area contributed by atoms with Crippen molar-refractivity contribution >= 4 is 11.7 Å². The van der Waals surface area contributed by atoms with E-state index in [0.29, 0.717) is 13.0 Å². The number of amides is 1. The average Bonchev–Trinajstić information content (AvgIpc) is 2.57. The van der Waals surface area contributed by atoms with Gasteiger partial charge >= 0.3 is 0 Å². The lowest BCUT2D eigenvalue weighted by atomic mass is 10.1. The number of halogens is 1. The first-order valence-corrected chi connectivity index (χ1v) is 5.19. The van der Waals surface area contributed by atoms with E-state index in [1.54, 1.807) is 17.0 Å². The Morgan fingerprint density at radius 1 is 1.19 bits per heavy atom. The molecule has 0 spiro atoms. The number of likely N-dealkylation sites (tertiary alicyclic amines) is 1. The lowest BCUT2D eigenvalue weighted by molar-refractivity contribution is -0.127. The molecule has 84 valence electrons. The number of hydrogen-bond acceptors (Lipinski definition) is 2. The Kier molecular flexibility index (Phi) is 2.99. The maximum atomic E-state index is 12.6. The van der Waals surface area contributed by atoms with E-state index in [0.717, 1.165) is 5.56 Å². The van der Waals surface area contributed by atoms with Crippen LogP contribution in [0.25, 0.3) is 0 Å². The summed E-state index contributed by atoms with van der Waals surface area (Å²) in [4.78, 5) is 23.9. The molecule has 4 heteroatoms. The van der Waals surface area contributed by atoms with Crippen LogP contribution >= 0.6 is 0 Å². The van der Waals surface area contributed by atoms with Crippen LogP contribution in [0.3, 0.4) is 0 Å². The number of ketones is 1. The molecule has 0 bridgehead atoms. The predicted octanol–water partition coefficient (Wildman–Crippen LogP) is 1.17. The lowest BCUT2D eigenvalue weighted by Gasteiger charge is -2.13. The summed E-state index contributed by atoms with van der Waals surface area (Å²) in [6, 6.07) is 6.17. The smallest absolute Gasteiger partial charge is 0.230 e. The van der Waals surface area contributed by atoms with Gasteiger partial charge in [0.05, 0.1) is 13.0 Å². The third kappa shape index (κ3) is 2.45. The number of benzene rings is 1. The highest BCUT2D eigenvalue weighted by Gasteiger charge is 2.26. The number of carbonyl (C=O) groups excluding carboxylic acids is 2. The molecular formula is C12H12FNO2. The number of carbonyl (C=O) groups is 2. The zero-order chi connectivity index (χ0) is 11.5. The number of rotatable bonds is 3. The van der Waals surface area contributed by atoms with Crippen molar-refractivity contribution in [3.8, 4) is 0 Å². The van der Waals surface area contributed by atoms with E-state index in [9.17, 15) is 14.0 Å². The fraction of sp³-hybridized carbons (Fsp3) is 0.333. The molecule has 0 atom stereocenters. The van der Waals surface area contributed by atoms with Crippen molar-refractivity contribution in [1.82, 2.24) is 4.90 Å². The Morgan fingerprint density at radius 3 is 2.44 bits per heavy atom. The van der Waals surface area contributed by atoms with Crippen LogP contribution in [0.5, 0.6) is 0 Å². The van der Waals surface area contributed by atoms with Gasteiger partial charge in [-0.15, -0.1) is 0 Å². The zero-order valence-electron chi connectivity index (χ0n) is 8.78. The minimum absolute atomic E-state index is 0.0240. The molecule has 1 aliphatic heterocycles. The Morgan fingerprint density at radius 2 is 1.88 bits per heavy atom. The molecular weight excluding hydrogens is 209 g/mol. The first kappa shape index (κ1) is 10.8. The van der Waals surface area contributed by atoms with Crippen LogP contribution in [0.1, 0.15) is 12.0 Å². The second-order valence-corrected chi connectivity index (χ2v) is 3.91. The summed E-state index contributed by atoms with van der Waals surface area (Å²) in [5.41, 5.74) is 0.966. The molecule has 0 unspecified atom stereocenters. The first-order valence-electron chi connectivity index (χ1n) is 5.19. The summed E-state index contributed by atoms with van der Waals surface area (Å²) >= 11 is 0. The van der Waals surface area contributed by atoms with Gasteiger partial charge < -0.3 is 4.90 Å². The van der Waals surface area contributed by atoms with Crippen molar-refractivity contribution in [2.75, 3.05) is 13.1 Å². The topological polar surface area (TPSA) is 37.4 Å². The molecule has 16 heavy (non-hydrogen) atoms. The fourth-order valence-electron chi connectivity index (χ4n) is 1.76. The number of hydrogen-bond donors (Lipinski definition) is 0. The quantitative estimate of drug-likeness (QED) is 0.718. The molecule has 2 rings (SSSR count). The van der Waals surface area contributed by atoms with Gasteiger partial charge in [0.1, 0.15) is 5.82 Å². The van der Waals surface area contributed by atoms with Gasteiger partial charge in [0, 0.05) is 6.54 Å². The molecule has 1 aromatic rings. The highest BCUT2D eigenvalue weighted by atomic mass is 19.1. The maximum absolute atomic E-state index is 12.6. The van der Waals surface area contributed by atoms with Crippen molar-refractivity contribution in [2.24, 2.45) is 0 Å². The summed E-state index contributed by atoms with van der Waals surface area (Å²) in [5.74, 6) is -0.396. The van der Waals surface area contributed by atoms with E-state index in [1.807, 2.05) is 0 Å². The second-order valence-electron chi connectivity index (χ2n) is 3.91.